The zero-order valence-electron chi connectivity index (χ0n) is 8.78. The number of nitrogen functional groups attached to an aromatic ring is 1. The van der Waals surface area contributed by atoms with E-state index in [4.69, 9.17) is 5.73 Å². The molecular formula is C13H13FN2. The molecule has 0 aliphatic carbocycles. The lowest BCUT2D eigenvalue weighted by molar-refractivity contribution is 0.613. The van der Waals surface area contributed by atoms with Gasteiger partial charge >= 0.3 is 0 Å². The van der Waals surface area contributed by atoms with E-state index in [0.717, 1.165) is 11.4 Å². The van der Waals surface area contributed by atoms with E-state index in [-0.39, 0.29) is 5.82 Å². The average molecular weight is 216 g/mol. The van der Waals surface area contributed by atoms with Crippen molar-refractivity contribution in [2.24, 2.45) is 0 Å². The summed E-state index contributed by atoms with van der Waals surface area (Å²) in [6, 6.07) is 14.1. The Kier molecular flexibility index (Phi) is 3.05. The lowest BCUT2D eigenvalue weighted by atomic mass is 10.2. The summed E-state index contributed by atoms with van der Waals surface area (Å²) >= 11 is 0. The van der Waals surface area contributed by atoms with Crippen molar-refractivity contribution >= 4 is 11.4 Å². The summed E-state index contributed by atoms with van der Waals surface area (Å²) in [5, 5.41) is 3.13. The second-order valence-corrected chi connectivity index (χ2v) is 3.57. The van der Waals surface area contributed by atoms with E-state index in [2.05, 4.69) is 5.32 Å². The van der Waals surface area contributed by atoms with E-state index in [1.165, 1.54) is 6.07 Å². The number of anilines is 2. The largest absolute Gasteiger partial charge is 0.399 e. The third-order valence-electron chi connectivity index (χ3n) is 2.35. The zero-order chi connectivity index (χ0) is 11.4. The molecule has 3 heteroatoms. The smallest absolute Gasteiger partial charge is 0.128 e. The first-order valence-electron chi connectivity index (χ1n) is 5.08. The SMILES string of the molecule is Nc1ccc(NCc2ccccc2F)cc1. The summed E-state index contributed by atoms with van der Waals surface area (Å²) in [5.41, 5.74) is 7.87. The molecule has 0 bridgehead atoms. The molecule has 0 aliphatic heterocycles. The fourth-order valence-electron chi connectivity index (χ4n) is 1.44. The summed E-state index contributed by atoms with van der Waals surface area (Å²) in [4.78, 5) is 0. The molecule has 0 fully saturated rings. The number of halogens is 1. The zero-order valence-corrected chi connectivity index (χ0v) is 8.78. The Balaban J connectivity index is 2.02. The molecule has 0 aromatic heterocycles. The number of hydrogen-bond acceptors (Lipinski definition) is 2. The minimum Gasteiger partial charge on any atom is -0.399 e. The average Bonchev–Trinajstić information content (AvgIpc) is 2.30. The highest BCUT2D eigenvalue weighted by Crippen LogP contribution is 2.13. The maximum atomic E-state index is 13.3. The second-order valence-electron chi connectivity index (χ2n) is 3.57. The van der Waals surface area contributed by atoms with Gasteiger partial charge in [-0.1, -0.05) is 18.2 Å². The van der Waals surface area contributed by atoms with E-state index < -0.39 is 0 Å². The fourth-order valence-corrected chi connectivity index (χ4v) is 1.44. The molecule has 0 aliphatic rings. The van der Waals surface area contributed by atoms with Gasteiger partial charge in [-0.3, -0.25) is 0 Å². The van der Waals surface area contributed by atoms with Crippen molar-refractivity contribution in [3.05, 3.63) is 59.9 Å². The van der Waals surface area contributed by atoms with E-state index in [1.807, 2.05) is 30.3 Å². The van der Waals surface area contributed by atoms with Crippen LogP contribution in [0.5, 0.6) is 0 Å². The van der Waals surface area contributed by atoms with Crippen LogP contribution in [0.15, 0.2) is 48.5 Å². The van der Waals surface area contributed by atoms with E-state index in [1.54, 1.807) is 12.1 Å². The van der Waals surface area contributed by atoms with Crippen LogP contribution in [0.25, 0.3) is 0 Å². The lowest BCUT2D eigenvalue weighted by Crippen LogP contribution is -2.01. The molecule has 2 nitrogen and oxygen atoms in total. The standard InChI is InChI=1S/C13H13FN2/c14-13-4-2-1-3-10(13)9-16-12-7-5-11(15)6-8-12/h1-8,16H,9,15H2. The van der Waals surface area contributed by atoms with E-state index >= 15 is 0 Å². The van der Waals surface area contributed by atoms with Crippen molar-refractivity contribution in [3.8, 4) is 0 Å². The Morgan fingerprint density at radius 2 is 1.69 bits per heavy atom. The summed E-state index contributed by atoms with van der Waals surface area (Å²) < 4.78 is 13.3. The van der Waals surface area contributed by atoms with Gasteiger partial charge in [-0.2, -0.15) is 0 Å². The van der Waals surface area contributed by atoms with Crippen LogP contribution < -0.4 is 11.1 Å². The predicted molar refractivity (Wildman–Crippen MR) is 64.6 cm³/mol. The van der Waals surface area contributed by atoms with Crippen molar-refractivity contribution in [2.45, 2.75) is 6.54 Å². The Hall–Kier alpha value is -2.03. The highest BCUT2D eigenvalue weighted by atomic mass is 19.1. The normalized spacial score (nSPS) is 10.1. The number of nitrogens with one attached hydrogen (secondary N) is 1. The number of benzene rings is 2. The van der Waals surface area contributed by atoms with E-state index in [0.29, 0.717) is 12.1 Å². The maximum Gasteiger partial charge on any atom is 0.128 e. The van der Waals surface area contributed by atoms with Crippen LogP contribution >= 0.6 is 0 Å². The van der Waals surface area contributed by atoms with Crippen LogP contribution in [-0.2, 0) is 6.54 Å². The van der Waals surface area contributed by atoms with E-state index in [9.17, 15) is 4.39 Å². The van der Waals surface area contributed by atoms with Gasteiger partial charge in [0.25, 0.3) is 0 Å². The Morgan fingerprint density at radius 3 is 2.38 bits per heavy atom. The van der Waals surface area contributed by atoms with Crippen LogP contribution in [0.2, 0.25) is 0 Å². The summed E-state index contributed by atoms with van der Waals surface area (Å²) in [5.74, 6) is -0.189. The van der Waals surface area contributed by atoms with Crippen molar-refractivity contribution in [2.75, 3.05) is 11.1 Å². The molecule has 0 saturated carbocycles. The Labute approximate surface area is 93.9 Å². The molecular weight excluding hydrogens is 203 g/mol. The summed E-state index contributed by atoms with van der Waals surface area (Å²) in [6.07, 6.45) is 0. The van der Waals surface area contributed by atoms with Crippen molar-refractivity contribution < 1.29 is 4.39 Å². The second kappa shape index (κ2) is 4.66. The lowest BCUT2D eigenvalue weighted by Gasteiger charge is -2.07. The highest BCUT2D eigenvalue weighted by molar-refractivity contribution is 5.51. The Morgan fingerprint density at radius 1 is 1.00 bits per heavy atom. The van der Waals surface area contributed by atoms with Gasteiger partial charge in [-0.15, -0.1) is 0 Å². The molecule has 0 spiro atoms. The molecule has 3 N–H and O–H groups in total. The molecule has 2 aromatic carbocycles. The first-order valence-corrected chi connectivity index (χ1v) is 5.08. The van der Waals surface area contributed by atoms with Gasteiger partial charge in [0.2, 0.25) is 0 Å². The summed E-state index contributed by atoms with van der Waals surface area (Å²) in [7, 11) is 0. The quantitative estimate of drug-likeness (QED) is 0.774. The van der Waals surface area contributed by atoms with Gasteiger partial charge in [0.15, 0.2) is 0 Å². The third-order valence-corrected chi connectivity index (χ3v) is 2.35. The van der Waals surface area contributed by atoms with Crippen LogP contribution in [0.1, 0.15) is 5.56 Å². The van der Waals surface area contributed by atoms with Crippen molar-refractivity contribution in [3.63, 3.8) is 0 Å². The van der Waals surface area contributed by atoms with Crippen LogP contribution in [0.3, 0.4) is 0 Å². The molecule has 0 amide bonds. The van der Waals surface area contributed by atoms with Gasteiger partial charge in [-0.05, 0) is 30.3 Å². The van der Waals surface area contributed by atoms with Gasteiger partial charge in [0, 0.05) is 23.5 Å². The van der Waals surface area contributed by atoms with Gasteiger partial charge in [0.05, 0.1) is 0 Å². The Bertz CT molecular complexity index is 466. The molecule has 82 valence electrons. The van der Waals surface area contributed by atoms with Gasteiger partial charge < -0.3 is 11.1 Å². The van der Waals surface area contributed by atoms with Crippen LogP contribution in [0.4, 0.5) is 15.8 Å². The number of rotatable bonds is 3. The topological polar surface area (TPSA) is 38.0 Å². The minimum atomic E-state index is -0.189. The van der Waals surface area contributed by atoms with Gasteiger partial charge in [-0.25, -0.2) is 4.39 Å². The molecule has 0 unspecified atom stereocenters. The van der Waals surface area contributed by atoms with Crippen molar-refractivity contribution in [1.82, 2.24) is 0 Å². The van der Waals surface area contributed by atoms with Crippen molar-refractivity contribution in [1.29, 1.82) is 0 Å². The van der Waals surface area contributed by atoms with Gasteiger partial charge in [0.1, 0.15) is 5.82 Å². The molecule has 2 rings (SSSR count). The number of nitrogens with two attached hydrogens (primary N) is 1. The first-order chi connectivity index (χ1) is 7.75. The maximum absolute atomic E-state index is 13.3. The molecule has 2 aromatic rings. The summed E-state index contributed by atoms with van der Waals surface area (Å²) in [6.45, 7) is 0.469. The third kappa shape index (κ3) is 2.51. The highest BCUT2D eigenvalue weighted by Gasteiger charge is 1.99. The minimum absolute atomic E-state index is 0.189. The molecule has 0 saturated heterocycles. The predicted octanol–water partition coefficient (Wildman–Crippen LogP) is 3.02. The molecule has 0 radical (unpaired) electrons. The van der Waals surface area contributed by atoms with Crippen LogP contribution in [0, 0.1) is 5.82 Å². The molecule has 0 atom stereocenters. The fraction of sp³-hybridized carbons (Fsp3) is 0.0769. The first kappa shape index (κ1) is 10.5. The molecule has 0 heterocycles. The monoisotopic (exact) mass is 216 g/mol. The van der Waals surface area contributed by atoms with Crippen LogP contribution in [-0.4, -0.2) is 0 Å². The number of hydrogen-bond donors (Lipinski definition) is 2. The molecule has 16 heavy (non-hydrogen) atoms.